The van der Waals surface area contributed by atoms with E-state index in [1.807, 2.05) is 0 Å². The zero-order valence-electron chi connectivity index (χ0n) is 6.64. The van der Waals surface area contributed by atoms with Crippen LogP contribution in [0.25, 0.3) is 11.3 Å². The number of fused-ring (bicyclic) bond motifs is 1. The number of benzene rings is 1. The summed E-state index contributed by atoms with van der Waals surface area (Å²) in [5.41, 5.74) is 6.32. The summed E-state index contributed by atoms with van der Waals surface area (Å²) in [5.74, 6) is 0. The van der Waals surface area contributed by atoms with Crippen molar-refractivity contribution < 1.29 is 5.21 Å². The first-order valence-electron chi connectivity index (χ1n) is 3.64. The summed E-state index contributed by atoms with van der Waals surface area (Å²) >= 11 is 0. The summed E-state index contributed by atoms with van der Waals surface area (Å²) in [5, 5.41) is 9.31. The van der Waals surface area contributed by atoms with Crippen molar-refractivity contribution in [1.29, 1.82) is 0 Å². The fourth-order valence-electron chi connectivity index (χ4n) is 1.22. The van der Waals surface area contributed by atoms with Crippen molar-refractivity contribution in [3.63, 3.8) is 0 Å². The Hall–Kier alpha value is -2.04. The van der Waals surface area contributed by atoms with E-state index < -0.39 is 0 Å². The molecule has 1 aliphatic heterocycles. The zero-order chi connectivity index (χ0) is 9.42. The normalized spacial score (nSPS) is 10.5. The Kier molecular flexibility index (Phi) is 1.45. The van der Waals surface area contributed by atoms with Gasteiger partial charge in [0.25, 0.3) is 0 Å². The fraction of sp³-hybridized carbons (Fsp3) is 0. The molecule has 5 nitrogen and oxygen atoms in total. The van der Waals surface area contributed by atoms with Gasteiger partial charge < -0.3 is 10.9 Å². The van der Waals surface area contributed by atoms with Gasteiger partial charge in [-0.3, -0.25) is 4.79 Å². The van der Waals surface area contributed by atoms with E-state index in [2.05, 4.69) is 4.98 Å². The van der Waals surface area contributed by atoms with Crippen LogP contribution in [-0.4, -0.2) is 14.9 Å². The van der Waals surface area contributed by atoms with Gasteiger partial charge in [0.1, 0.15) is 12.0 Å². The third-order valence-electron chi connectivity index (χ3n) is 1.82. The molecule has 5 heteroatoms. The van der Waals surface area contributed by atoms with Crippen LogP contribution in [0.2, 0.25) is 0 Å². The predicted octanol–water partition coefficient (Wildman–Crippen LogP) is 0.168. The van der Waals surface area contributed by atoms with E-state index in [0.717, 1.165) is 4.73 Å². The van der Waals surface area contributed by atoms with Gasteiger partial charge in [0.2, 0.25) is 0 Å². The molecule has 0 amide bonds. The number of hydrogen-bond donors (Lipinski definition) is 2. The summed E-state index contributed by atoms with van der Waals surface area (Å²) in [6.07, 6.45) is 2.55. The van der Waals surface area contributed by atoms with Gasteiger partial charge in [0.05, 0.1) is 11.3 Å². The van der Waals surface area contributed by atoms with Crippen molar-refractivity contribution in [2.45, 2.75) is 0 Å². The lowest BCUT2D eigenvalue weighted by atomic mass is 10.1. The van der Waals surface area contributed by atoms with Crippen LogP contribution >= 0.6 is 0 Å². The lowest BCUT2D eigenvalue weighted by Crippen LogP contribution is -2.12. The first kappa shape index (κ1) is 7.60. The molecule has 0 aromatic heterocycles. The van der Waals surface area contributed by atoms with Crippen molar-refractivity contribution in [2.75, 3.05) is 5.73 Å². The third-order valence-corrected chi connectivity index (χ3v) is 1.82. The Labute approximate surface area is 73.4 Å². The average molecular weight is 177 g/mol. The van der Waals surface area contributed by atoms with Crippen LogP contribution in [-0.2, 0) is 0 Å². The Morgan fingerprint density at radius 2 is 2.23 bits per heavy atom. The number of aromatic nitrogens is 2. The number of nitrogens with two attached hydrogens (primary N) is 1. The highest BCUT2D eigenvalue weighted by Gasteiger charge is 2.12. The highest BCUT2D eigenvalue weighted by molar-refractivity contribution is 5.73. The molecule has 2 rings (SSSR count). The zero-order valence-corrected chi connectivity index (χ0v) is 6.64. The van der Waals surface area contributed by atoms with Crippen LogP contribution in [0, 0.1) is 0 Å². The van der Waals surface area contributed by atoms with E-state index >= 15 is 0 Å². The van der Waals surface area contributed by atoms with E-state index in [0.29, 0.717) is 16.9 Å². The number of hydrogen-bond acceptors (Lipinski definition) is 4. The lowest BCUT2D eigenvalue weighted by Gasteiger charge is -2.09. The topological polar surface area (TPSA) is 81.1 Å². The molecule has 0 atom stereocenters. The van der Waals surface area contributed by atoms with E-state index in [9.17, 15) is 10.0 Å². The molecule has 1 aliphatic carbocycles. The fourth-order valence-corrected chi connectivity index (χ4v) is 1.22. The van der Waals surface area contributed by atoms with Crippen LogP contribution in [0.15, 0.2) is 29.5 Å². The van der Waals surface area contributed by atoms with Crippen molar-refractivity contribution >= 4 is 5.69 Å². The summed E-state index contributed by atoms with van der Waals surface area (Å²) in [4.78, 5) is 14.9. The molecule has 0 aromatic rings. The molecule has 66 valence electrons. The molecule has 3 N–H and O–H groups in total. The maximum absolute atomic E-state index is 11.3. The number of rotatable bonds is 0. The minimum atomic E-state index is -0.208. The first-order chi connectivity index (χ1) is 6.20. The quantitative estimate of drug-likeness (QED) is 0.444. The van der Waals surface area contributed by atoms with Gasteiger partial charge in [-0.1, -0.05) is 0 Å². The molecule has 13 heavy (non-hydrogen) atoms. The van der Waals surface area contributed by atoms with Gasteiger partial charge in [-0.15, -0.1) is 0 Å². The van der Waals surface area contributed by atoms with Gasteiger partial charge in [-0.2, -0.15) is 4.73 Å². The third kappa shape index (κ3) is 1.01. The van der Waals surface area contributed by atoms with Gasteiger partial charge >= 0.3 is 0 Å². The molecule has 0 unspecified atom stereocenters. The highest BCUT2D eigenvalue weighted by atomic mass is 16.5. The van der Waals surface area contributed by atoms with E-state index in [1.165, 1.54) is 24.7 Å². The lowest BCUT2D eigenvalue weighted by molar-refractivity contribution is 0.186. The Bertz CT molecular complexity index is 478. The van der Waals surface area contributed by atoms with Crippen molar-refractivity contribution in [3.8, 4) is 11.3 Å². The SMILES string of the molecule is Nc1ccc(=O)c2cncn(O)c1-2. The molecule has 0 saturated carbocycles. The molecule has 2 aliphatic rings. The number of anilines is 1. The molecule has 0 bridgehead atoms. The number of nitrogen functional groups attached to an aromatic ring is 1. The maximum atomic E-state index is 11.3. The maximum Gasteiger partial charge on any atom is 0.189 e. The average Bonchev–Trinajstić information content (AvgIpc) is 2.12. The Morgan fingerprint density at radius 3 is 2.92 bits per heavy atom. The summed E-state index contributed by atoms with van der Waals surface area (Å²) in [6.45, 7) is 0. The van der Waals surface area contributed by atoms with Crippen LogP contribution in [0.1, 0.15) is 0 Å². The monoisotopic (exact) mass is 177 g/mol. The molecular formula is C8H7N3O2. The molecule has 0 fully saturated rings. The summed E-state index contributed by atoms with van der Waals surface area (Å²) in [6, 6.07) is 2.80. The first-order valence-corrected chi connectivity index (χ1v) is 3.64. The van der Waals surface area contributed by atoms with E-state index in [4.69, 9.17) is 5.73 Å². The van der Waals surface area contributed by atoms with Gasteiger partial charge in [-0.05, 0) is 12.1 Å². The summed E-state index contributed by atoms with van der Waals surface area (Å²) < 4.78 is 0.742. The Morgan fingerprint density at radius 1 is 1.46 bits per heavy atom. The van der Waals surface area contributed by atoms with Crippen LogP contribution in [0.5, 0.6) is 0 Å². The Balaban J connectivity index is 2.96. The van der Waals surface area contributed by atoms with Crippen molar-refractivity contribution in [1.82, 2.24) is 9.71 Å². The second-order valence-electron chi connectivity index (χ2n) is 2.65. The van der Waals surface area contributed by atoms with Crippen molar-refractivity contribution in [2.24, 2.45) is 0 Å². The van der Waals surface area contributed by atoms with Crippen LogP contribution in [0.4, 0.5) is 5.69 Å². The molecule has 0 spiro atoms. The molecular weight excluding hydrogens is 170 g/mol. The smallest absolute Gasteiger partial charge is 0.189 e. The van der Waals surface area contributed by atoms with E-state index in [1.54, 1.807) is 0 Å². The molecule has 1 heterocycles. The van der Waals surface area contributed by atoms with Crippen molar-refractivity contribution in [3.05, 3.63) is 34.9 Å². The minimum absolute atomic E-state index is 0.208. The highest BCUT2D eigenvalue weighted by Crippen LogP contribution is 2.21. The van der Waals surface area contributed by atoms with Gasteiger partial charge in [0, 0.05) is 6.20 Å². The minimum Gasteiger partial charge on any atom is -0.427 e. The predicted molar refractivity (Wildman–Crippen MR) is 46.7 cm³/mol. The summed E-state index contributed by atoms with van der Waals surface area (Å²) in [7, 11) is 0. The van der Waals surface area contributed by atoms with Crippen LogP contribution in [0.3, 0.4) is 0 Å². The van der Waals surface area contributed by atoms with Crippen LogP contribution < -0.4 is 11.2 Å². The second-order valence-corrected chi connectivity index (χ2v) is 2.65. The van der Waals surface area contributed by atoms with Gasteiger partial charge in [0.15, 0.2) is 5.43 Å². The second kappa shape index (κ2) is 2.48. The van der Waals surface area contributed by atoms with E-state index in [-0.39, 0.29) is 5.43 Å². The standard InChI is InChI=1S/C8H7N3O2/c9-6-1-2-7(12)5-3-10-4-11(13)8(5)6/h1-4,13H,9H2. The largest absolute Gasteiger partial charge is 0.427 e. The molecule has 0 saturated heterocycles. The number of nitrogens with zero attached hydrogens (tertiary/aromatic N) is 2. The van der Waals surface area contributed by atoms with Gasteiger partial charge in [-0.25, -0.2) is 4.98 Å². The molecule has 0 aromatic carbocycles. The molecule has 0 radical (unpaired) electrons.